The van der Waals surface area contributed by atoms with Gasteiger partial charge in [-0.3, -0.25) is 25.1 Å². The zero-order valence-electron chi connectivity index (χ0n) is 17.9. The lowest BCUT2D eigenvalue weighted by Crippen LogP contribution is -2.63. The van der Waals surface area contributed by atoms with Crippen molar-refractivity contribution in [2.24, 2.45) is 23.7 Å². The van der Waals surface area contributed by atoms with Gasteiger partial charge < -0.3 is 5.11 Å². The summed E-state index contributed by atoms with van der Waals surface area (Å²) in [5, 5.41) is 22.7. The van der Waals surface area contributed by atoms with Crippen LogP contribution in [0.4, 0.5) is 0 Å². The van der Waals surface area contributed by atoms with Crippen molar-refractivity contribution in [1.82, 2.24) is 15.8 Å². The first-order valence-electron chi connectivity index (χ1n) is 11.6. The Kier molecular flexibility index (Phi) is 6.72. The van der Waals surface area contributed by atoms with E-state index in [0.29, 0.717) is 24.1 Å². The van der Waals surface area contributed by atoms with Crippen molar-refractivity contribution in [3.8, 4) is 0 Å². The van der Waals surface area contributed by atoms with Crippen LogP contribution in [0.1, 0.15) is 69.0 Å². The first-order chi connectivity index (χ1) is 15.0. The average molecular weight is 428 g/mol. The molecular weight excluding hydrogens is 394 g/mol. The van der Waals surface area contributed by atoms with E-state index in [0.717, 1.165) is 37.7 Å². The Morgan fingerprint density at radius 3 is 2.52 bits per heavy atom. The van der Waals surface area contributed by atoms with Crippen molar-refractivity contribution in [2.45, 2.75) is 69.9 Å². The van der Waals surface area contributed by atoms with E-state index in [4.69, 9.17) is 5.21 Å². The maximum absolute atomic E-state index is 12.9. The molecule has 1 amide bonds. The Morgan fingerprint density at radius 1 is 1.13 bits per heavy atom. The standard InChI is InChI=1S/C24H33N3O4/c28-22(27-31)11-10-20-9-7-17(14-25-20)15-26-24(23(29)30,19-4-2-1-3-5-19)21-13-16-6-8-18(21)12-16/h7,9-11,14,16,18-19,21,26,31H,1-6,8,12-13,15H2,(H,27,28)(H,29,30)/t16?,18?,21?,24-/m0/s1. The van der Waals surface area contributed by atoms with E-state index < -0.39 is 17.4 Å². The Labute approximate surface area is 183 Å². The molecule has 1 aromatic heterocycles. The molecule has 3 aliphatic carbocycles. The third-order valence-electron chi connectivity index (χ3n) is 7.87. The molecule has 0 aromatic carbocycles. The van der Waals surface area contributed by atoms with Gasteiger partial charge in [0.15, 0.2) is 0 Å². The quantitative estimate of drug-likeness (QED) is 0.287. The van der Waals surface area contributed by atoms with Crippen LogP contribution >= 0.6 is 0 Å². The number of nitrogens with zero attached hydrogens (tertiary/aromatic N) is 1. The maximum atomic E-state index is 12.9. The maximum Gasteiger partial charge on any atom is 0.324 e. The molecule has 3 aliphatic rings. The minimum atomic E-state index is -0.863. The van der Waals surface area contributed by atoms with Gasteiger partial charge in [0.05, 0.1) is 5.69 Å². The number of fused-ring (bicyclic) bond motifs is 2. The van der Waals surface area contributed by atoms with E-state index in [-0.39, 0.29) is 11.8 Å². The predicted octanol–water partition coefficient (Wildman–Crippen LogP) is 3.53. The summed E-state index contributed by atoms with van der Waals surface area (Å²) in [6.45, 7) is 0.463. The molecule has 7 heteroatoms. The monoisotopic (exact) mass is 427 g/mol. The van der Waals surface area contributed by atoms with Crippen LogP contribution in [-0.2, 0) is 16.1 Å². The van der Waals surface area contributed by atoms with Gasteiger partial charge in [-0.15, -0.1) is 0 Å². The van der Waals surface area contributed by atoms with Crippen molar-refractivity contribution in [3.05, 3.63) is 35.7 Å². The zero-order chi connectivity index (χ0) is 21.8. The van der Waals surface area contributed by atoms with Crippen molar-refractivity contribution in [2.75, 3.05) is 0 Å². The fraction of sp³-hybridized carbons (Fsp3) is 0.625. The predicted molar refractivity (Wildman–Crippen MR) is 116 cm³/mol. The van der Waals surface area contributed by atoms with Gasteiger partial charge in [-0.25, -0.2) is 5.48 Å². The van der Waals surface area contributed by atoms with Gasteiger partial charge in [0.25, 0.3) is 5.91 Å². The topological polar surface area (TPSA) is 112 Å². The molecule has 2 bridgehead atoms. The third-order valence-corrected chi connectivity index (χ3v) is 7.87. The molecule has 31 heavy (non-hydrogen) atoms. The fourth-order valence-electron chi connectivity index (χ4n) is 6.43. The highest BCUT2D eigenvalue weighted by atomic mass is 16.5. The molecule has 4 rings (SSSR count). The smallest absolute Gasteiger partial charge is 0.324 e. The number of rotatable bonds is 8. The highest BCUT2D eigenvalue weighted by Gasteiger charge is 2.57. The lowest BCUT2D eigenvalue weighted by molar-refractivity contribution is -0.153. The molecular formula is C24H33N3O4. The van der Waals surface area contributed by atoms with Crippen LogP contribution in [0.5, 0.6) is 0 Å². The van der Waals surface area contributed by atoms with Crippen LogP contribution in [0.3, 0.4) is 0 Å². The van der Waals surface area contributed by atoms with Gasteiger partial charge >= 0.3 is 5.97 Å². The second-order valence-electron chi connectivity index (χ2n) is 9.54. The van der Waals surface area contributed by atoms with Gasteiger partial charge in [-0.1, -0.05) is 31.7 Å². The van der Waals surface area contributed by atoms with Crippen molar-refractivity contribution >= 4 is 18.0 Å². The normalized spacial score (nSPS) is 28.0. The van der Waals surface area contributed by atoms with Crippen LogP contribution in [0.2, 0.25) is 0 Å². The second kappa shape index (κ2) is 9.49. The fourth-order valence-corrected chi connectivity index (χ4v) is 6.43. The number of nitrogens with one attached hydrogen (secondary N) is 2. The number of carbonyl (C=O) groups is 2. The van der Waals surface area contributed by atoms with Crippen molar-refractivity contribution in [3.63, 3.8) is 0 Å². The molecule has 168 valence electrons. The lowest BCUT2D eigenvalue weighted by atomic mass is 9.63. The van der Waals surface area contributed by atoms with Crippen LogP contribution in [0.25, 0.3) is 6.08 Å². The highest BCUT2D eigenvalue weighted by molar-refractivity contribution is 5.90. The van der Waals surface area contributed by atoms with Crippen LogP contribution < -0.4 is 10.8 Å². The van der Waals surface area contributed by atoms with Gasteiger partial charge in [-0.2, -0.15) is 0 Å². The van der Waals surface area contributed by atoms with E-state index in [1.807, 2.05) is 6.07 Å². The largest absolute Gasteiger partial charge is 0.480 e. The molecule has 3 saturated carbocycles. The number of carbonyl (C=O) groups excluding carboxylic acids is 1. The summed E-state index contributed by atoms with van der Waals surface area (Å²) in [6.07, 6.45) is 14.5. The molecule has 0 aliphatic heterocycles. The Balaban J connectivity index is 1.53. The third kappa shape index (κ3) is 4.53. The Morgan fingerprint density at radius 2 is 1.94 bits per heavy atom. The second-order valence-corrected chi connectivity index (χ2v) is 9.54. The molecule has 1 heterocycles. The van der Waals surface area contributed by atoms with Crippen molar-refractivity contribution < 1.29 is 19.9 Å². The van der Waals surface area contributed by atoms with Crippen molar-refractivity contribution in [1.29, 1.82) is 0 Å². The molecule has 0 spiro atoms. The van der Waals surface area contributed by atoms with E-state index in [1.165, 1.54) is 37.8 Å². The summed E-state index contributed by atoms with van der Waals surface area (Å²) in [5.74, 6) is 0.313. The van der Waals surface area contributed by atoms with Gasteiger partial charge in [0.2, 0.25) is 0 Å². The first-order valence-corrected chi connectivity index (χ1v) is 11.6. The summed E-state index contributed by atoms with van der Waals surface area (Å²) in [5.41, 5.74) is 2.20. The Bertz CT molecular complexity index is 819. The van der Waals surface area contributed by atoms with E-state index >= 15 is 0 Å². The van der Waals surface area contributed by atoms with Gasteiger partial charge in [0.1, 0.15) is 5.54 Å². The molecule has 0 saturated heterocycles. The number of carboxylic acids is 1. The molecule has 0 radical (unpaired) electrons. The number of pyridine rings is 1. The SMILES string of the molecule is O=C(C=Cc1ccc(CN[C@@](C(=O)O)(C2CCCCC2)C2CC3CCC2C3)cn1)NO. The lowest BCUT2D eigenvalue weighted by Gasteiger charge is -2.47. The van der Waals surface area contributed by atoms with Crippen LogP contribution in [0.15, 0.2) is 24.4 Å². The van der Waals surface area contributed by atoms with E-state index in [2.05, 4.69) is 10.3 Å². The molecule has 3 fully saturated rings. The number of hydrogen-bond donors (Lipinski definition) is 4. The number of amides is 1. The van der Waals surface area contributed by atoms with Gasteiger partial charge in [0, 0.05) is 18.8 Å². The summed E-state index contributed by atoms with van der Waals surface area (Å²) in [4.78, 5) is 28.4. The average Bonchev–Trinajstić information content (AvgIpc) is 3.43. The number of aromatic nitrogens is 1. The summed E-state index contributed by atoms with van der Waals surface area (Å²) in [6, 6.07) is 3.70. The first kappa shape index (κ1) is 22.0. The zero-order valence-corrected chi connectivity index (χ0v) is 17.9. The molecule has 4 atom stereocenters. The summed E-state index contributed by atoms with van der Waals surface area (Å²) >= 11 is 0. The summed E-state index contributed by atoms with van der Waals surface area (Å²) < 4.78 is 0. The van der Waals surface area contributed by atoms with Crippen LogP contribution in [-0.4, -0.2) is 32.7 Å². The molecule has 1 aromatic rings. The summed E-state index contributed by atoms with van der Waals surface area (Å²) in [7, 11) is 0. The minimum absolute atomic E-state index is 0.176. The van der Waals surface area contributed by atoms with Crippen LogP contribution in [0, 0.1) is 23.7 Å². The minimum Gasteiger partial charge on any atom is -0.480 e. The number of hydrogen-bond acceptors (Lipinski definition) is 5. The highest BCUT2D eigenvalue weighted by Crippen LogP contribution is 2.55. The molecule has 4 N–H and O–H groups in total. The number of hydroxylamine groups is 1. The molecule has 3 unspecified atom stereocenters. The number of carboxylic acid groups (broad SMARTS) is 1. The Hall–Kier alpha value is -2.25. The van der Waals surface area contributed by atoms with E-state index in [9.17, 15) is 14.7 Å². The molecule has 7 nitrogen and oxygen atoms in total. The van der Waals surface area contributed by atoms with E-state index in [1.54, 1.807) is 17.7 Å². The number of aliphatic carboxylic acids is 1. The van der Waals surface area contributed by atoms with Gasteiger partial charge in [-0.05, 0) is 73.5 Å².